The maximum Gasteiger partial charge on any atom is 0.338 e. The first-order valence-electron chi connectivity index (χ1n) is 10.1. The Morgan fingerprint density at radius 2 is 1.88 bits per heavy atom. The number of nitrogens with zero attached hydrogens (tertiary/aromatic N) is 1. The lowest BCUT2D eigenvalue weighted by molar-refractivity contribution is 0.0495. The van der Waals surface area contributed by atoms with E-state index in [1.54, 1.807) is 25.3 Å². The monoisotopic (exact) mass is 461 g/mol. The first kappa shape index (κ1) is 23.6. The van der Waals surface area contributed by atoms with Gasteiger partial charge in [-0.15, -0.1) is 0 Å². The summed E-state index contributed by atoms with van der Waals surface area (Å²) in [6.45, 7) is 5.59. The van der Waals surface area contributed by atoms with Crippen molar-refractivity contribution in [3.8, 4) is 5.75 Å². The number of imidazole rings is 1. The number of para-hydroxylation sites is 2. The van der Waals surface area contributed by atoms with Crippen LogP contribution in [0.25, 0.3) is 11.0 Å². The smallest absolute Gasteiger partial charge is 0.338 e. The van der Waals surface area contributed by atoms with E-state index in [-0.39, 0.29) is 28.5 Å². The van der Waals surface area contributed by atoms with Gasteiger partial charge in [-0.25, -0.2) is 22.7 Å². The molecule has 0 fully saturated rings. The van der Waals surface area contributed by atoms with Crippen LogP contribution in [-0.4, -0.2) is 43.2 Å². The molecule has 0 bridgehead atoms. The highest BCUT2D eigenvalue weighted by Crippen LogP contribution is 2.26. The molecule has 0 radical (unpaired) electrons. The molecular weight excluding hydrogens is 434 g/mol. The van der Waals surface area contributed by atoms with Crippen molar-refractivity contribution in [2.24, 2.45) is 0 Å². The molecule has 3 aromatic rings. The van der Waals surface area contributed by atoms with Crippen LogP contribution < -0.4 is 15.1 Å². The molecule has 0 saturated carbocycles. The molecule has 10 heteroatoms. The normalized spacial score (nSPS) is 12.1. The summed E-state index contributed by atoms with van der Waals surface area (Å²) in [6, 6.07) is 11.4. The van der Waals surface area contributed by atoms with Crippen LogP contribution in [0.2, 0.25) is 0 Å². The number of carbonyl (C=O) groups is 1. The Balaban J connectivity index is 1.69. The fraction of sp³-hybridized carbons (Fsp3) is 0.364. The lowest BCUT2D eigenvalue weighted by atomic mass is 10.1. The Kier molecular flexibility index (Phi) is 6.75. The first-order chi connectivity index (χ1) is 15.0. The lowest BCUT2D eigenvalue weighted by Gasteiger charge is -2.21. The van der Waals surface area contributed by atoms with Crippen molar-refractivity contribution in [2.75, 3.05) is 13.7 Å². The van der Waals surface area contributed by atoms with E-state index in [1.165, 1.54) is 25.3 Å². The second-order valence-electron chi connectivity index (χ2n) is 8.31. The van der Waals surface area contributed by atoms with Gasteiger partial charge in [-0.05, 0) is 57.5 Å². The molecule has 0 amide bonds. The van der Waals surface area contributed by atoms with Crippen molar-refractivity contribution in [3.05, 3.63) is 58.5 Å². The summed E-state index contributed by atoms with van der Waals surface area (Å²) in [5.74, 6) is -0.539. The van der Waals surface area contributed by atoms with Crippen LogP contribution in [-0.2, 0) is 21.3 Å². The van der Waals surface area contributed by atoms with Gasteiger partial charge in [0.15, 0.2) is 0 Å². The van der Waals surface area contributed by atoms with Crippen LogP contribution in [0.3, 0.4) is 0 Å². The number of fused-ring (bicyclic) bond motifs is 1. The number of nitrogens with one attached hydrogen (secondary N) is 2. The number of hydrogen-bond acceptors (Lipinski definition) is 6. The molecule has 0 aliphatic rings. The number of carbonyl (C=O) groups excluding carboxylic acids is 1. The van der Waals surface area contributed by atoms with Crippen molar-refractivity contribution < 1.29 is 22.7 Å². The van der Waals surface area contributed by atoms with E-state index in [1.807, 2.05) is 24.3 Å². The standard InChI is InChI=1S/C22H27N3O6S/c1-22(2,3)24-32(28,29)19-14-15(10-11-18(19)30-4)20(26)31-13-7-12-25-17-9-6-5-8-16(17)23-21(25)27/h5-6,8-11,14,24H,7,12-13H2,1-4H3,(H,23,27). The SMILES string of the molecule is COc1ccc(C(=O)OCCCn2c(=O)[nH]c3ccccc32)cc1S(=O)(=O)NC(C)(C)C. The molecule has 3 rings (SSSR count). The zero-order valence-electron chi connectivity index (χ0n) is 18.5. The number of sulfonamides is 1. The van der Waals surface area contributed by atoms with E-state index in [9.17, 15) is 18.0 Å². The van der Waals surface area contributed by atoms with Crippen LogP contribution in [0.1, 0.15) is 37.6 Å². The number of aryl methyl sites for hydroxylation is 1. The average Bonchev–Trinajstić information content (AvgIpc) is 3.04. The lowest BCUT2D eigenvalue weighted by Crippen LogP contribution is -2.40. The van der Waals surface area contributed by atoms with Gasteiger partial charge in [-0.2, -0.15) is 0 Å². The number of benzene rings is 2. The van der Waals surface area contributed by atoms with E-state index in [0.29, 0.717) is 13.0 Å². The van der Waals surface area contributed by atoms with E-state index in [0.717, 1.165) is 11.0 Å². The maximum atomic E-state index is 12.8. The Hall–Kier alpha value is -3.11. The largest absolute Gasteiger partial charge is 0.495 e. The fourth-order valence-corrected chi connectivity index (χ4v) is 4.89. The van der Waals surface area contributed by atoms with Crippen LogP contribution >= 0.6 is 0 Å². The Morgan fingerprint density at radius 1 is 1.16 bits per heavy atom. The number of rotatable bonds is 8. The summed E-state index contributed by atoms with van der Waals surface area (Å²) in [4.78, 5) is 27.2. The zero-order valence-corrected chi connectivity index (χ0v) is 19.3. The van der Waals surface area contributed by atoms with Crippen LogP contribution in [0.4, 0.5) is 0 Å². The third-order valence-electron chi connectivity index (χ3n) is 4.57. The summed E-state index contributed by atoms with van der Waals surface area (Å²) in [5.41, 5.74) is 0.671. The van der Waals surface area contributed by atoms with E-state index in [2.05, 4.69) is 9.71 Å². The van der Waals surface area contributed by atoms with Crippen LogP contribution in [0.15, 0.2) is 52.2 Å². The molecule has 0 spiro atoms. The van der Waals surface area contributed by atoms with Gasteiger partial charge in [0, 0.05) is 12.1 Å². The molecule has 0 atom stereocenters. The van der Waals surface area contributed by atoms with E-state index < -0.39 is 21.5 Å². The minimum absolute atomic E-state index is 0.0686. The number of H-pyrrole nitrogens is 1. The maximum absolute atomic E-state index is 12.8. The highest BCUT2D eigenvalue weighted by molar-refractivity contribution is 7.89. The highest BCUT2D eigenvalue weighted by Gasteiger charge is 2.26. The van der Waals surface area contributed by atoms with Crippen LogP contribution in [0, 0.1) is 0 Å². The Labute approximate surface area is 186 Å². The van der Waals surface area contributed by atoms with Gasteiger partial charge < -0.3 is 14.5 Å². The summed E-state index contributed by atoms with van der Waals surface area (Å²) in [5, 5.41) is 0. The molecule has 0 aliphatic heterocycles. The third kappa shape index (κ3) is 5.38. The predicted octanol–water partition coefficient (Wildman–Crippen LogP) is 2.66. The molecule has 9 nitrogen and oxygen atoms in total. The molecule has 0 aliphatic carbocycles. The zero-order chi connectivity index (χ0) is 23.5. The third-order valence-corrected chi connectivity index (χ3v) is 6.35. The van der Waals surface area contributed by atoms with Gasteiger partial charge in [0.2, 0.25) is 10.0 Å². The van der Waals surface area contributed by atoms with Crippen molar-refractivity contribution >= 4 is 27.0 Å². The van der Waals surface area contributed by atoms with Gasteiger partial charge >= 0.3 is 11.7 Å². The fourth-order valence-electron chi connectivity index (χ4n) is 3.27. The van der Waals surface area contributed by atoms with Crippen LogP contribution in [0.5, 0.6) is 5.75 Å². The molecule has 172 valence electrons. The number of aromatic nitrogens is 2. The number of ether oxygens (including phenoxy) is 2. The quantitative estimate of drug-likeness (QED) is 0.393. The minimum Gasteiger partial charge on any atom is -0.495 e. The number of esters is 1. The number of aromatic amines is 1. The number of methoxy groups -OCH3 is 1. The molecule has 0 unspecified atom stereocenters. The summed E-state index contributed by atoms with van der Waals surface area (Å²) >= 11 is 0. The van der Waals surface area contributed by atoms with Crippen molar-refractivity contribution in [3.63, 3.8) is 0 Å². The second-order valence-corrected chi connectivity index (χ2v) is 9.96. The Morgan fingerprint density at radius 3 is 2.56 bits per heavy atom. The summed E-state index contributed by atoms with van der Waals surface area (Å²) in [6.07, 6.45) is 0.417. The molecule has 2 aromatic carbocycles. The second kappa shape index (κ2) is 9.17. The van der Waals surface area contributed by atoms with Crippen molar-refractivity contribution in [2.45, 2.75) is 44.2 Å². The Bertz CT molecular complexity index is 1280. The molecule has 32 heavy (non-hydrogen) atoms. The van der Waals surface area contributed by atoms with Gasteiger partial charge in [0.25, 0.3) is 0 Å². The van der Waals surface area contributed by atoms with Gasteiger partial charge in [0.1, 0.15) is 10.6 Å². The minimum atomic E-state index is -3.92. The van der Waals surface area contributed by atoms with Crippen molar-refractivity contribution in [1.82, 2.24) is 14.3 Å². The summed E-state index contributed by atoms with van der Waals surface area (Å²) < 4.78 is 40.1. The topological polar surface area (TPSA) is 119 Å². The molecular formula is C22H27N3O6S. The average molecular weight is 462 g/mol. The van der Waals surface area contributed by atoms with Gasteiger partial charge in [-0.1, -0.05) is 12.1 Å². The molecule has 0 saturated heterocycles. The molecule has 2 N–H and O–H groups in total. The van der Waals surface area contributed by atoms with E-state index in [4.69, 9.17) is 9.47 Å². The first-order valence-corrected chi connectivity index (χ1v) is 11.6. The number of hydrogen-bond donors (Lipinski definition) is 2. The van der Waals surface area contributed by atoms with Gasteiger partial charge in [-0.3, -0.25) is 4.57 Å². The molecule has 1 aromatic heterocycles. The van der Waals surface area contributed by atoms with E-state index >= 15 is 0 Å². The van der Waals surface area contributed by atoms with Gasteiger partial charge in [0.05, 0.1) is 30.3 Å². The molecule has 1 heterocycles. The highest BCUT2D eigenvalue weighted by atomic mass is 32.2. The van der Waals surface area contributed by atoms with Crippen molar-refractivity contribution in [1.29, 1.82) is 0 Å². The predicted molar refractivity (Wildman–Crippen MR) is 121 cm³/mol. The summed E-state index contributed by atoms with van der Waals surface area (Å²) in [7, 11) is -2.56.